The number of hydrogen-bond acceptors (Lipinski definition) is 5. The molecule has 0 bridgehead atoms. The van der Waals surface area contributed by atoms with Gasteiger partial charge in [0.05, 0.1) is 20.7 Å². The molecule has 0 N–H and O–H groups in total. The summed E-state index contributed by atoms with van der Waals surface area (Å²) in [7, 11) is 0. The van der Waals surface area contributed by atoms with E-state index < -0.39 is 0 Å². The molecule has 0 aliphatic carbocycles. The Morgan fingerprint density at radius 2 is 1.67 bits per heavy atom. The Balaban J connectivity index is 1.58. The molecule has 0 radical (unpaired) electrons. The van der Waals surface area contributed by atoms with Gasteiger partial charge in [-0.25, -0.2) is 0 Å². The normalized spacial score (nSPS) is 14.3. The number of amides is 1. The molecule has 1 aliphatic rings. The molecule has 0 spiro atoms. The first-order chi connectivity index (χ1) is 13.0. The molecular weight excluding hydrogens is 409 g/mol. The van der Waals surface area contributed by atoms with E-state index in [0.29, 0.717) is 46.8 Å². The summed E-state index contributed by atoms with van der Waals surface area (Å²) in [5, 5.41) is 12.3. The second kappa shape index (κ2) is 8.82. The van der Waals surface area contributed by atoms with Crippen LogP contribution in [0.15, 0.2) is 47.4 Å². The lowest BCUT2D eigenvalue weighted by Crippen LogP contribution is -2.49. The van der Waals surface area contributed by atoms with E-state index in [1.54, 1.807) is 41.3 Å². The second-order valence-electron chi connectivity index (χ2n) is 5.95. The molecule has 0 unspecified atom stereocenters. The van der Waals surface area contributed by atoms with Crippen molar-refractivity contribution >= 4 is 52.2 Å². The van der Waals surface area contributed by atoms with Gasteiger partial charge in [-0.05, 0) is 18.2 Å². The first-order valence-corrected chi connectivity index (χ1v) is 10.0. The molecule has 27 heavy (non-hydrogen) atoms. The van der Waals surface area contributed by atoms with Crippen molar-refractivity contribution in [2.45, 2.75) is 4.90 Å². The molecule has 0 saturated carbocycles. The first-order valence-electron chi connectivity index (χ1n) is 8.30. The van der Waals surface area contributed by atoms with Gasteiger partial charge in [0.15, 0.2) is 0 Å². The van der Waals surface area contributed by atoms with Crippen molar-refractivity contribution in [3.05, 3.63) is 62.6 Å². The molecule has 9 heteroatoms. The molecule has 3 rings (SSSR count). The maximum Gasteiger partial charge on any atom is 0.292 e. The van der Waals surface area contributed by atoms with Crippen LogP contribution in [0.5, 0.6) is 0 Å². The number of rotatable bonds is 5. The summed E-state index contributed by atoms with van der Waals surface area (Å²) in [5.74, 6) is 0.243. The molecule has 1 amide bonds. The summed E-state index contributed by atoms with van der Waals surface area (Å²) in [5.41, 5.74) is 0.674. The van der Waals surface area contributed by atoms with Crippen molar-refractivity contribution in [2.24, 2.45) is 0 Å². The van der Waals surface area contributed by atoms with Crippen molar-refractivity contribution in [3.8, 4) is 0 Å². The predicted octanol–water partition coefficient (Wildman–Crippen LogP) is 4.34. The predicted molar refractivity (Wildman–Crippen MR) is 109 cm³/mol. The Hall–Kier alpha value is -1.96. The lowest BCUT2D eigenvalue weighted by Gasteiger charge is -2.35. The van der Waals surface area contributed by atoms with Gasteiger partial charge in [-0.1, -0.05) is 41.4 Å². The smallest absolute Gasteiger partial charge is 0.292 e. The third-order valence-electron chi connectivity index (χ3n) is 4.31. The fourth-order valence-electron chi connectivity index (χ4n) is 2.93. The van der Waals surface area contributed by atoms with E-state index in [-0.39, 0.29) is 22.3 Å². The number of anilines is 1. The van der Waals surface area contributed by atoms with Crippen molar-refractivity contribution in [1.29, 1.82) is 0 Å². The fourth-order valence-corrected chi connectivity index (χ4v) is 4.52. The van der Waals surface area contributed by atoms with E-state index in [4.69, 9.17) is 23.2 Å². The Morgan fingerprint density at radius 1 is 1.04 bits per heavy atom. The van der Waals surface area contributed by atoms with Crippen molar-refractivity contribution in [3.63, 3.8) is 0 Å². The summed E-state index contributed by atoms with van der Waals surface area (Å²) in [6.07, 6.45) is 0. The Morgan fingerprint density at radius 3 is 2.30 bits per heavy atom. The summed E-state index contributed by atoms with van der Waals surface area (Å²) in [6, 6.07) is 11.9. The molecular formula is C18H17Cl2N3O3S. The minimum Gasteiger partial charge on any atom is -0.362 e. The number of benzene rings is 2. The van der Waals surface area contributed by atoms with Crippen LogP contribution in [0.3, 0.4) is 0 Å². The van der Waals surface area contributed by atoms with Gasteiger partial charge < -0.3 is 9.80 Å². The van der Waals surface area contributed by atoms with Gasteiger partial charge in [0.25, 0.3) is 5.69 Å². The van der Waals surface area contributed by atoms with Crippen LogP contribution in [-0.4, -0.2) is 47.7 Å². The topological polar surface area (TPSA) is 66.7 Å². The third kappa shape index (κ3) is 4.66. The number of nitro benzene ring substituents is 1. The van der Waals surface area contributed by atoms with Gasteiger partial charge in [-0.3, -0.25) is 14.9 Å². The molecule has 142 valence electrons. The minimum atomic E-state index is -0.378. The highest BCUT2D eigenvalue weighted by molar-refractivity contribution is 8.00. The van der Waals surface area contributed by atoms with E-state index in [0.717, 1.165) is 0 Å². The van der Waals surface area contributed by atoms with Gasteiger partial charge in [0, 0.05) is 37.1 Å². The van der Waals surface area contributed by atoms with E-state index in [1.165, 1.54) is 17.8 Å². The molecule has 2 aromatic carbocycles. The summed E-state index contributed by atoms with van der Waals surface area (Å²) >= 11 is 13.6. The van der Waals surface area contributed by atoms with Gasteiger partial charge in [-0.2, -0.15) is 0 Å². The second-order valence-corrected chi connectivity index (χ2v) is 7.75. The quantitative estimate of drug-likeness (QED) is 0.404. The number of hydrogen-bond donors (Lipinski definition) is 0. The number of thioether (sulfide) groups is 1. The lowest BCUT2D eigenvalue weighted by molar-refractivity contribution is -0.384. The molecule has 2 aromatic rings. The molecule has 0 atom stereocenters. The molecule has 1 aliphatic heterocycles. The zero-order valence-electron chi connectivity index (χ0n) is 14.3. The van der Waals surface area contributed by atoms with Gasteiger partial charge >= 0.3 is 0 Å². The highest BCUT2D eigenvalue weighted by atomic mass is 35.5. The largest absolute Gasteiger partial charge is 0.362 e. The average molecular weight is 426 g/mol. The fraction of sp³-hybridized carbons (Fsp3) is 0.278. The third-order valence-corrected chi connectivity index (χ3v) is 6.28. The number of nitrogens with zero attached hydrogens (tertiary/aromatic N) is 3. The Kier molecular flexibility index (Phi) is 6.46. The number of piperazine rings is 1. The summed E-state index contributed by atoms with van der Waals surface area (Å²) in [6.45, 7) is 2.13. The van der Waals surface area contributed by atoms with Crippen LogP contribution in [0.4, 0.5) is 11.4 Å². The number of nitro groups is 1. The van der Waals surface area contributed by atoms with E-state index >= 15 is 0 Å². The standard InChI is InChI=1S/C18H17Cl2N3O3S/c19-13-4-3-5-14(20)18(13)27-12-17(24)22-10-8-21(9-11-22)15-6-1-2-7-16(15)23(25)26/h1-7H,8-12H2. The molecule has 1 saturated heterocycles. The maximum absolute atomic E-state index is 12.5. The van der Waals surface area contributed by atoms with Gasteiger partial charge in [0.2, 0.25) is 5.91 Å². The van der Waals surface area contributed by atoms with E-state index in [9.17, 15) is 14.9 Å². The number of para-hydroxylation sites is 2. The molecule has 6 nitrogen and oxygen atoms in total. The van der Waals surface area contributed by atoms with Crippen molar-refractivity contribution < 1.29 is 9.72 Å². The van der Waals surface area contributed by atoms with Crippen molar-refractivity contribution in [1.82, 2.24) is 4.90 Å². The van der Waals surface area contributed by atoms with Crippen LogP contribution in [-0.2, 0) is 4.79 Å². The SMILES string of the molecule is O=C(CSc1c(Cl)cccc1Cl)N1CCN(c2ccccc2[N+](=O)[O-])CC1. The molecule has 0 aromatic heterocycles. The highest BCUT2D eigenvalue weighted by Crippen LogP contribution is 2.34. The van der Waals surface area contributed by atoms with Gasteiger partial charge in [0.1, 0.15) is 5.69 Å². The van der Waals surface area contributed by atoms with Gasteiger partial charge in [-0.15, -0.1) is 11.8 Å². The average Bonchev–Trinajstić information content (AvgIpc) is 2.67. The summed E-state index contributed by atoms with van der Waals surface area (Å²) in [4.78, 5) is 27.7. The minimum absolute atomic E-state index is 0.00167. The number of halogens is 2. The number of carbonyl (C=O) groups excluding carboxylic acids is 1. The monoisotopic (exact) mass is 425 g/mol. The van der Waals surface area contributed by atoms with Crippen LogP contribution < -0.4 is 4.90 Å². The zero-order valence-corrected chi connectivity index (χ0v) is 16.6. The Bertz CT molecular complexity index is 837. The van der Waals surface area contributed by atoms with Crippen LogP contribution >= 0.6 is 35.0 Å². The lowest BCUT2D eigenvalue weighted by atomic mass is 10.2. The van der Waals surface area contributed by atoms with E-state index in [1.807, 2.05) is 4.90 Å². The Labute approximate surface area is 171 Å². The van der Waals surface area contributed by atoms with Crippen molar-refractivity contribution in [2.75, 3.05) is 36.8 Å². The number of carbonyl (C=O) groups is 1. The van der Waals surface area contributed by atoms with Crippen LogP contribution in [0, 0.1) is 10.1 Å². The highest BCUT2D eigenvalue weighted by Gasteiger charge is 2.25. The first kappa shape index (κ1) is 19.8. The molecule has 1 heterocycles. The van der Waals surface area contributed by atoms with Crippen LogP contribution in [0.25, 0.3) is 0 Å². The molecule has 1 fully saturated rings. The van der Waals surface area contributed by atoms with Crippen LogP contribution in [0.1, 0.15) is 0 Å². The van der Waals surface area contributed by atoms with Crippen LogP contribution in [0.2, 0.25) is 10.0 Å². The zero-order chi connectivity index (χ0) is 19.4. The maximum atomic E-state index is 12.5. The summed E-state index contributed by atoms with van der Waals surface area (Å²) < 4.78 is 0. The van der Waals surface area contributed by atoms with E-state index in [2.05, 4.69) is 0 Å².